The van der Waals surface area contributed by atoms with Gasteiger partial charge in [-0.1, -0.05) is 30.4 Å². The molecule has 38 heavy (non-hydrogen) atoms. The van der Waals surface area contributed by atoms with E-state index in [0.29, 0.717) is 32.3 Å². The van der Waals surface area contributed by atoms with Gasteiger partial charge >= 0.3 is 6.09 Å². The van der Waals surface area contributed by atoms with Crippen LogP contribution < -0.4 is 15.4 Å². The van der Waals surface area contributed by atoms with Gasteiger partial charge in [-0.25, -0.2) is 4.79 Å². The van der Waals surface area contributed by atoms with Crippen molar-refractivity contribution in [1.82, 2.24) is 20.4 Å². The summed E-state index contributed by atoms with van der Waals surface area (Å²) in [7, 11) is 1.30. The van der Waals surface area contributed by atoms with E-state index in [1.807, 2.05) is 36.4 Å². The number of likely N-dealkylation sites (N-methyl/N-ethyl adjacent to an activating group) is 1. The summed E-state index contributed by atoms with van der Waals surface area (Å²) in [5.41, 5.74) is 0.415. The van der Waals surface area contributed by atoms with Gasteiger partial charge < -0.3 is 30.1 Å². The fourth-order valence-electron chi connectivity index (χ4n) is 6.08. The Bertz CT molecular complexity index is 1150. The molecule has 2 saturated heterocycles. The number of rotatable bonds is 5. The summed E-state index contributed by atoms with van der Waals surface area (Å²) in [6.07, 6.45) is 4.93. The summed E-state index contributed by atoms with van der Waals surface area (Å²) in [5.74, 6) is -0.478. The topological polar surface area (TPSA) is 138 Å². The van der Waals surface area contributed by atoms with E-state index in [0.717, 1.165) is 16.2 Å². The van der Waals surface area contributed by atoms with E-state index in [-0.39, 0.29) is 30.9 Å². The number of carbonyl (C=O) groups is 4. The van der Waals surface area contributed by atoms with Crippen LogP contribution in [-0.2, 0) is 19.1 Å². The molecule has 0 saturated carbocycles. The first-order valence-electron chi connectivity index (χ1n) is 13.1. The first-order chi connectivity index (χ1) is 18.2. The minimum atomic E-state index is -1.25. The molecule has 1 aromatic rings. The molecule has 11 heteroatoms. The van der Waals surface area contributed by atoms with E-state index in [9.17, 15) is 24.3 Å². The number of para-hydroxylation sites is 1. The van der Waals surface area contributed by atoms with Crippen LogP contribution in [0.15, 0.2) is 36.4 Å². The van der Waals surface area contributed by atoms with Crippen LogP contribution in [0.4, 0.5) is 4.79 Å². The molecule has 0 aromatic heterocycles. The number of nitrogens with zero attached hydrogens (tertiary/aromatic N) is 2. The van der Waals surface area contributed by atoms with Gasteiger partial charge in [0.25, 0.3) is 0 Å². The Morgan fingerprint density at radius 1 is 1.11 bits per heavy atom. The number of nitrogens with one attached hydrogen (secondary N) is 2. The van der Waals surface area contributed by atoms with E-state index < -0.39 is 41.8 Å². The van der Waals surface area contributed by atoms with Gasteiger partial charge in [0.05, 0.1) is 19.3 Å². The number of amides is 4. The first kappa shape index (κ1) is 26.0. The van der Waals surface area contributed by atoms with Gasteiger partial charge in [-0.15, -0.1) is 0 Å². The molecule has 11 nitrogen and oxygen atoms in total. The zero-order valence-electron chi connectivity index (χ0n) is 21.6. The Balaban J connectivity index is 1.39. The molecule has 3 aliphatic heterocycles. The molecule has 3 N–H and O–H groups in total. The fourth-order valence-corrected chi connectivity index (χ4v) is 6.08. The van der Waals surface area contributed by atoms with Crippen molar-refractivity contribution in [1.29, 1.82) is 0 Å². The van der Waals surface area contributed by atoms with Crippen molar-refractivity contribution >= 4 is 23.8 Å². The van der Waals surface area contributed by atoms with E-state index in [1.165, 1.54) is 18.9 Å². The third-order valence-corrected chi connectivity index (χ3v) is 8.34. The second-order valence-corrected chi connectivity index (χ2v) is 10.6. The van der Waals surface area contributed by atoms with Crippen molar-refractivity contribution in [3.63, 3.8) is 0 Å². The molecule has 204 valence electrons. The van der Waals surface area contributed by atoms with E-state index in [2.05, 4.69) is 10.6 Å². The van der Waals surface area contributed by atoms with E-state index >= 15 is 0 Å². The van der Waals surface area contributed by atoms with Gasteiger partial charge in [-0.05, 0) is 25.8 Å². The molecule has 5 rings (SSSR count). The van der Waals surface area contributed by atoms with Crippen LogP contribution >= 0.6 is 0 Å². The minimum Gasteiger partial charge on any atom is -0.493 e. The van der Waals surface area contributed by atoms with Crippen LogP contribution in [0.25, 0.3) is 0 Å². The summed E-state index contributed by atoms with van der Waals surface area (Å²) < 4.78 is 11.8. The summed E-state index contributed by atoms with van der Waals surface area (Å²) >= 11 is 0. The Hall–Kier alpha value is -3.60. The van der Waals surface area contributed by atoms with Gasteiger partial charge in [-0.2, -0.15) is 0 Å². The maximum absolute atomic E-state index is 14.0. The lowest BCUT2D eigenvalue weighted by molar-refractivity contribution is -0.150. The quantitative estimate of drug-likeness (QED) is 0.498. The van der Waals surface area contributed by atoms with E-state index in [4.69, 9.17) is 9.47 Å². The molecular weight excluding hydrogens is 492 g/mol. The smallest absolute Gasteiger partial charge is 0.407 e. The standard InChI is InChI=1S/C27H34N4O7/c1-16(30(2)26(35)36)23(32)29-19-10-14-38-21-15-27(11-5-6-12-27)22(31(21)25(19)34)24(33)28-18-9-13-37-20-8-4-3-7-17(18)20/h3-8,16,18-19,21-22H,9-15H2,1-2H3,(H,28,33)(H,29,32)(H,35,36)/t16-,18-,19-,21-,22+/m0/s1. The molecule has 2 fully saturated rings. The van der Waals surface area contributed by atoms with Crippen molar-refractivity contribution in [2.75, 3.05) is 20.3 Å². The predicted molar refractivity (Wildman–Crippen MR) is 135 cm³/mol. The molecule has 4 aliphatic rings. The molecule has 1 spiro atoms. The number of hydrogen-bond acceptors (Lipinski definition) is 6. The molecule has 0 unspecified atom stereocenters. The largest absolute Gasteiger partial charge is 0.493 e. The van der Waals surface area contributed by atoms with Crippen LogP contribution in [0.5, 0.6) is 5.75 Å². The molecule has 1 aromatic carbocycles. The highest BCUT2D eigenvalue weighted by atomic mass is 16.5. The average molecular weight is 527 g/mol. The lowest BCUT2D eigenvalue weighted by Gasteiger charge is -2.37. The molecule has 0 bridgehead atoms. The second kappa shape index (κ2) is 10.3. The van der Waals surface area contributed by atoms with Crippen LogP contribution in [0, 0.1) is 5.41 Å². The highest BCUT2D eigenvalue weighted by Crippen LogP contribution is 2.51. The Kier molecular flexibility index (Phi) is 7.04. The molecule has 3 heterocycles. The fraction of sp³-hybridized carbons (Fsp3) is 0.556. The van der Waals surface area contributed by atoms with Crippen molar-refractivity contribution in [3.05, 3.63) is 42.0 Å². The first-order valence-corrected chi connectivity index (χ1v) is 13.1. The zero-order valence-corrected chi connectivity index (χ0v) is 21.6. The Labute approximate surface area is 221 Å². The van der Waals surface area contributed by atoms with Crippen LogP contribution in [-0.4, -0.2) is 83.3 Å². The third kappa shape index (κ3) is 4.59. The molecular formula is C27H34N4O7. The number of ether oxygens (including phenoxy) is 2. The maximum atomic E-state index is 14.0. The Morgan fingerprint density at radius 2 is 1.82 bits per heavy atom. The number of carboxylic acid groups (broad SMARTS) is 1. The van der Waals surface area contributed by atoms with E-state index in [1.54, 1.807) is 0 Å². The Morgan fingerprint density at radius 3 is 2.55 bits per heavy atom. The number of fused-ring (bicyclic) bond motifs is 2. The van der Waals surface area contributed by atoms with Gasteiger partial charge in [-0.3, -0.25) is 19.3 Å². The highest BCUT2D eigenvalue weighted by Gasteiger charge is 2.59. The predicted octanol–water partition coefficient (Wildman–Crippen LogP) is 1.79. The SMILES string of the molecule is C[C@@H](C(=O)N[C@H]1CCO[C@H]2CC3(CC=CC3)[C@@H](C(=O)N[C@H]3CCOc4ccccc43)N2C1=O)N(C)C(=O)O. The average Bonchev–Trinajstić information content (AvgIpc) is 3.47. The summed E-state index contributed by atoms with van der Waals surface area (Å²) in [6, 6.07) is 4.67. The lowest BCUT2D eigenvalue weighted by Crippen LogP contribution is -2.59. The monoisotopic (exact) mass is 526 g/mol. The lowest BCUT2D eigenvalue weighted by atomic mass is 9.77. The van der Waals surface area contributed by atoms with Crippen molar-refractivity contribution in [2.45, 2.75) is 69.4 Å². The maximum Gasteiger partial charge on any atom is 0.407 e. The van der Waals surface area contributed by atoms with Crippen molar-refractivity contribution < 1.29 is 33.8 Å². The highest BCUT2D eigenvalue weighted by molar-refractivity contribution is 5.95. The van der Waals surface area contributed by atoms with Gasteiger partial charge in [0.15, 0.2) is 0 Å². The molecule has 0 radical (unpaired) electrons. The third-order valence-electron chi connectivity index (χ3n) is 8.34. The van der Waals surface area contributed by atoms with Crippen LogP contribution in [0.3, 0.4) is 0 Å². The number of hydrogen-bond donors (Lipinski definition) is 3. The minimum absolute atomic E-state index is 0.228. The summed E-state index contributed by atoms with van der Waals surface area (Å²) in [4.78, 5) is 54.5. The summed E-state index contributed by atoms with van der Waals surface area (Å²) in [6.45, 7) is 2.16. The van der Waals surface area contributed by atoms with Gasteiger partial charge in [0.2, 0.25) is 17.7 Å². The second-order valence-electron chi connectivity index (χ2n) is 10.6. The number of carbonyl (C=O) groups excluding carboxylic acids is 3. The molecule has 5 atom stereocenters. The van der Waals surface area contributed by atoms with Crippen LogP contribution in [0.1, 0.15) is 50.6 Å². The molecule has 4 amide bonds. The van der Waals surface area contributed by atoms with Crippen molar-refractivity contribution in [3.8, 4) is 5.75 Å². The zero-order chi connectivity index (χ0) is 27.0. The van der Waals surface area contributed by atoms with Gasteiger partial charge in [0.1, 0.15) is 30.1 Å². The number of benzene rings is 1. The van der Waals surface area contributed by atoms with Gasteiger partial charge in [0, 0.05) is 37.3 Å². The number of allylic oxidation sites excluding steroid dienone is 2. The normalized spacial score (nSPS) is 28.1. The summed E-state index contributed by atoms with van der Waals surface area (Å²) in [5, 5.41) is 15.1. The van der Waals surface area contributed by atoms with Crippen LogP contribution in [0.2, 0.25) is 0 Å². The molecule has 1 aliphatic carbocycles. The van der Waals surface area contributed by atoms with Crippen molar-refractivity contribution in [2.24, 2.45) is 5.41 Å².